The van der Waals surface area contributed by atoms with Crippen molar-refractivity contribution in [2.24, 2.45) is 0 Å². The monoisotopic (exact) mass is 396 g/mol. The lowest BCUT2D eigenvalue weighted by Gasteiger charge is -2.16. The van der Waals surface area contributed by atoms with E-state index in [2.05, 4.69) is 10.1 Å². The summed E-state index contributed by atoms with van der Waals surface area (Å²) in [6.45, 7) is 2.99. The van der Waals surface area contributed by atoms with E-state index in [4.69, 9.17) is 11.6 Å². The number of amides is 1. The van der Waals surface area contributed by atoms with Gasteiger partial charge in [0.1, 0.15) is 0 Å². The third-order valence-corrected chi connectivity index (χ3v) is 5.67. The minimum atomic E-state index is -0.109. The molecule has 5 nitrogen and oxygen atoms in total. The molecule has 0 atom stereocenters. The summed E-state index contributed by atoms with van der Waals surface area (Å²) in [7, 11) is 0. The molecule has 0 spiro atoms. The average molecular weight is 397 g/mol. The number of hydrogen-bond acceptors (Lipinski definition) is 4. The molecule has 0 aliphatic rings. The van der Waals surface area contributed by atoms with Crippen molar-refractivity contribution in [2.45, 2.75) is 13.5 Å². The topological polar surface area (TPSA) is 51.0 Å². The molecule has 0 aliphatic heterocycles. The molecule has 0 radical (unpaired) electrons. The number of halogens is 1. The highest BCUT2D eigenvalue weighted by atomic mass is 35.5. The first kappa shape index (κ1) is 17.7. The van der Waals surface area contributed by atoms with Crippen molar-refractivity contribution >= 4 is 44.2 Å². The molecule has 0 unspecified atom stereocenters. The summed E-state index contributed by atoms with van der Waals surface area (Å²) in [5, 5.41) is 5.70. The zero-order valence-corrected chi connectivity index (χ0v) is 16.2. The number of carbonyl (C=O) groups is 1. The van der Waals surface area contributed by atoms with Crippen molar-refractivity contribution in [2.75, 3.05) is 11.4 Å². The molecule has 2 aromatic heterocycles. The van der Waals surface area contributed by atoms with E-state index in [1.807, 2.05) is 55.5 Å². The minimum Gasteiger partial charge on any atom is -0.284 e. The van der Waals surface area contributed by atoms with Crippen LogP contribution in [0.3, 0.4) is 0 Å². The predicted molar refractivity (Wildman–Crippen MR) is 110 cm³/mol. The zero-order chi connectivity index (χ0) is 18.8. The summed E-state index contributed by atoms with van der Waals surface area (Å²) in [5.41, 5.74) is 2.39. The van der Waals surface area contributed by atoms with Gasteiger partial charge in [-0.05, 0) is 30.7 Å². The van der Waals surface area contributed by atoms with Crippen molar-refractivity contribution in [1.82, 2.24) is 14.8 Å². The van der Waals surface area contributed by atoms with E-state index < -0.39 is 0 Å². The summed E-state index contributed by atoms with van der Waals surface area (Å²) in [4.78, 5) is 19.3. The van der Waals surface area contributed by atoms with E-state index in [-0.39, 0.29) is 5.91 Å². The number of anilines is 1. The highest BCUT2D eigenvalue weighted by molar-refractivity contribution is 7.22. The first-order chi connectivity index (χ1) is 13.2. The van der Waals surface area contributed by atoms with Gasteiger partial charge < -0.3 is 0 Å². The third-order valence-electron chi connectivity index (χ3n) is 4.25. The lowest BCUT2D eigenvalue weighted by Crippen LogP contribution is -2.30. The number of para-hydroxylation sites is 1. The summed E-state index contributed by atoms with van der Waals surface area (Å²) in [5.74, 6) is -0.109. The number of thiazole rings is 1. The summed E-state index contributed by atoms with van der Waals surface area (Å²) < 4.78 is 2.79. The zero-order valence-electron chi connectivity index (χ0n) is 14.7. The molecule has 0 fully saturated rings. The van der Waals surface area contributed by atoms with Crippen LogP contribution in [0.4, 0.5) is 5.13 Å². The van der Waals surface area contributed by atoms with Crippen LogP contribution < -0.4 is 4.90 Å². The van der Waals surface area contributed by atoms with Crippen molar-refractivity contribution in [3.8, 4) is 0 Å². The molecule has 0 bridgehead atoms. The highest BCUT2D eigenvalue weighted by Gasteiger charge is 2.21. The van der Waals surface area contributed by atoms with Gasteiger partial charge in [0.15, 0.2) is 5.13 Å². The molecule has 7 heteroatoms. The Hall–Kier alpha value is -2.70. The summed E-state index contributed by atoms with van der Waals surface area (Å²) >= 11 is 7.73. The Morgan fingerprint density at radius 2 is 1.96 bits per heavy atom. The number of aromatic nitrogens is 3. The van der Waals surface area contributed by atoms with Gasteiger partial charge in [-0.1, -0.05) is 53.3 Å². The Labute approximate surface area is 165 Å². The van der Waals surface area contributed by atoms with Crippen molar-refractivity contribution in [3.05, 3.63) is 77.1 Å². The van der Waals surface area contributed by atoms with Crippen molar-refractivity contribution in [3.63, 3.8) is 0 Å². The second-order valence-corrected chi connectivity index (χ2v) is 7.45. The first-order valence-electron chi connectivity index (χ1n) is 8.59. The number of rotatable bonds is 5. The Morgan fingerprint density at radius 3 is 2.74 bits per heavy atom. The molecule has 4 aromatic rings. The lowest BCUT2D eigenvalue weighted by molar-refractivity contribution is 0.0988. The van der Waals surface area contributed by atoms with Gasteiger partial charge >= 0.3 is 0 Å². The van der Waals surface area contributed by atoms with Crippen LogP contribution in [0, 0.1) is 0 Å². The molecule has 1 amide bonds. The summed E-state index contributed by atoms with van der Waals surface area (Å²) in [6, 6.07) is 15.5. The van der Waals surface area contributed by atoms with E-state index in [1.165, 1.54) is 11.3 Å². The molecule has 0 saturated heterocycles. The Balaban J connectivity index is 1.58. The quantitative estimate of drug-likeness (QED) is 0.484. The van der Waals surface area contributed by atoms with Gasteiger partial charge in [-0.2, -0.15) is 5.10 Å². The van der Waals surface area contributed by atoms with Gasteiger partial charge in [-0.3, -0.25) is 14.4 Å². The summed E-state index contributed by atoms with van der Waals surface area (Å²) in [6.07, 6.45) is 3.34. The highest BCUT2D eigenvalue weighted by Crippen LogP contribution is 2.29. The van der Waals surface area contributed by atoms with E-state index in [0.29, 0.717) is 28.8 Å². The normalized spacial score (nSPS) is 11.0. The van der Waals surface area contributed by atoms with E-state index in [9.17, 15) is 4.79 Å². The SMILES string of the molecule is CCN(C(=O)c1cnn(Cc2ccccc2Cl)c1)c1nc2ccccc2s1. The van der Waals surface area contributed by atoms with Crippen LogP contribution in [0.1, 0.15) is 22.8 Å². The molecule has 4 rings (SSSR count). The minimum absolute atomic E-state index is 0.109. The molecular formula is C20H17ClN4OS. The van der Waals surface area contributed by atoms with Crippen LogP contribution in [0.15, 0.2) is 60.9 Å². The fraction of sp³-hybridized carbons (Fsp3) is 0.150. The molecule has 136 valence electrons. The number of fused-ring (bicyclic) bond motifs is 1. The van der Waals surface area contributed by atoms with Gasteiger partial charge in [0, 0.05) is 17.8 Å². The lowest BCUT2D eigenvalue weighted by atomic mass is 10.2. The van der Waals surface area contributed by atoms with Gasteiger partial charge in [-0.15, -0.1) is 0 Å². The molecule has 2 aromatic carbocycles. The van der Waals surface area contributed by atoms with Crippen LogP contribution in [-0.2, 0) is 6.54 Å². The molecular weight excluding hydrogens is 380 g/mol. The van der Waals surface area contributed by atoms with Gasteiger partial charge in [0.25, 0.3) is 5.91 Å². The standard InChI is InChI=1S/C20H17ClN4OS/c1-2-25(20-23-17-9-5-6-10-18(17)27-20)19(26)15-11-22-24(13-15)12-14-7-3-4-8-16(14)21/h3-11,13H,2,12H2,1H3. The van der Waals surface area contributed by atoms with Gasteiger partial charge in [0.2, 0.25) is 0 Å². The molecule has 2 heterocycles. The maximum atomic E-state index is 13.0. The molecule has 0 N–H and O–H groups in total. The Kier molecular flexibility index (Phi) is 4.92. The number of benzene rings is 2. The van der Waals surface area contributed by atoms with Crippen LogP contribution in [-0.4, -0.2) is 27.2 Å². The Bertz CT molecular complexity index is 1070. The molecule has 27 heavy (non-hydrogen) atoms. The number of carbonyl (C=O) groups excluding carboxylic acids is 1. The third kappa shape index (κ3) is 3.59. The predicted octanol–water partition coefficient (Wildman–Crippen LogP) is 4.86. The number of nitrogens with zero attached hydrogens (tertiary/aromatic N) is 4. The van der Waals surface area contributed by atoms with Crippen LogP contribution in [0.2, 0.25) is 5.02 Å². The van der Waals surface area contributed by atoms with E-state index in [1.54, 1.807) is 22.0 Å². The second-order valence-electron chi connectivity index (χ2n) is 6.03. The van der Waals surface area contributed by atoms with E-state index >= 15 is 0 Å². The van der Waals surface area contributed by atoms with Crippen LogP contribution >= 0.6 is 22.9 Å². The second kappa shape index (κ2) is 7.50. The van der Waals surface area contributed by atoms with Crippen molar-refractivity contribution < 1.29 is 4.79 Å². The van der Waals surface area contributed by atoms with Crippen LogP contribution in [0.5, 0.6) is 0 Å². The fourth-order valence-electron chi connectivity index (χ4n) is 2.86. The maximum absolute atomic E-state index is 13.0. The Morgan fingerprint density at radius 1 is 1.19 bits per heavy atom. The largest absolute Gasteiger partial charge is 0.284 e. The smallest absolute Gasteiger partial charge is 0.263 e. The average Bonchev–Trinajstić information content (AvgIpc) is 3.31. The van der Waals surface area contributed by atoms with Crippen LogP contribution in [0.25, 0.3) is 10.2 Å². The fourth-order valence-corrected chi connectivity index (χ4v) is 4.08. The first-order valence-corrected chi connectivity index (χ1v) is 9.78. The molecule has 0 aliphatic carbocycles. The van der Waals surface area contributed by atoms with E-state index in [0.717, 1.165) is 15.8 Å². The molecule has 0 saturated carbocycles. The van der Waals surface area contributed by atoms with Gasteiger partial charge in [0.05, 0.1) is 28.5 Å². The number of hydrogen-bond donors (Lipinski definition) is 0. The van der Waals surface area contributed by atoms with Crippen molar-refractivity contribution in [1.29, 1.82) is 0 Å². The maximum Gasteiger partial charge on any atom is 0.263 e. The van der Waals surface area contributed by atoms with Gasteiger partial charge in [-0.25, -0.2) is 4.98 Å².